The number of nitrogens with one attached hydrogen (secondary N) is 1. The zero-order valence-corrected chi connectivity index (χ0v) is 15.4. The van der Waals surface area contributed by atoms with Crippen LogP contribution < -0.4 is 14.8 Å². The highest BCUT2D eigenvalue weighted by atomic mass is 16.5. The van der Waals surface area contributed by atoms with Gasteiger partial charge in [0.2, 0.25) is 6.10 Å². The minimum atomic E-state index is -0.959. The Morgan fingerprint density at radius 2 is 1.74 bits per heavy atom. The molecular weight excluding hydrogens is 346 g/mol. The normalized spacial score (nSPS) is 14.1. The maximum Gasteiger partial charge on any atom is 0.311 e. The Morgan fingerprint density at radius 3 is 2.37 bits per heavy atom. The molecule has 0 radical (unpaired) electrons. The molecule has 0 aromatic heterocycles. The molecule has 1 aliphatic rings. The smallest absolute Gasteiger partial charge is 0.311 e. The largest absolute Gasteiger partial charge is 0.493 e. The third-order valence-electron chi connectivity index (χ3n) is 4.31. The molecule has 6 nitrogen and oxygen atoms in total. The van der Waals surface area contributed by atoms with Crippen molar-refractivity contribution in [3.63, 3.8) is 0 Å². The van der Waals surface area contributed by atoms with Crippen molar-refractivity contribution in [1.82, 2.24) is 5.32 Å². The molecule has 27 heavy (non-hydrogen) atoms. The molecule has 2 aromatic rings. The fourth-order valence-corrected chi connectivity index (χ4v) is 2.74. The number of carbonyl (C=O) groups excluding carboxylic acids is 2. The minimum Gasteiger partial charge on any atom is -0.493 e. The van der Waals surface area contributed by atoms with Crippen LogP contribution in [0.5, 0.6) is 11.5 Å². The predicted molar refractivity (Wildman–Crippen MR) is 99.7 cm³/mol. The van der Waals surface area contributed by atoms with Gasteiger partial charge >= 0.3 is 5.97 Å². The molecule has 1 amide bonds. The Balaban J connectivity index is 1.71. The summed E-state index contributed by atoms with van der Waals surface area (Å²) in [6.45, 7) is 0. The van der Waals surface area contributed by atoms with Crippen LogP contribution in [0.1, 0.15) is 30.1 Å². The van der Waals surface area contributed by atoms with E-state index in [-0.39, 0.29) is 18.4 Å². The SMILES string of the molecule is COc1ccc(CC(=O)OC(C(=O)NC2CC2)c2ccccc2)cc1OC. The van der Waals surface area contributed by atoms with Crippen molar-refractivity contribution in [3.05, 3.63) is 59.7 Å². The van der Waals surface area contributed by atoms with Gasteiger partial charge in [-0.25, -0.2) is 0 Å². The molecule has 1 saturated carbocycles. The van der Waals surface area contributed by atoms with Crippen molar-refractivity contribution in [1.29, 1.82) is 0 Å². The third kappa shape index (κ3) is 5.00. The van der Waals surface area contributed by atoms with Gasteiger partial charge in [-0.15, -0.1) is 0 Å². The molecule has 0 spiro atoms. The fourth-order valence-electron chi connectivity index (χ4n) is 2.74. The topological polar surface area (TPSA) is 73.9 Å². The first kappa shape index (κ1) is 18.8. The third-order valence-corrected chi connectivity index (χ3v) is 4.31. The summed E-state index contributed by atoms with van der Waals surface area (Å²) in [5, 5.41) is 2.90. The fraction of sp³-hybridized carbons (Fsp3) is 0.333. The Kier molecular flexibility index (Phi) is 5.96. The second kappa shape index (κ2) is 8.58. The van der Waals surface area contributed by atoms with E-state index in [1.165, 1.54) is 7.11 Å². The molecule has 6 heteroatoms. The van der Waals surface area contributed by atoms with Crippen molar-refractivity contribution in [2.75, 3.05) is 14.2 Å². The van der Waals surface area contributed by atoms with Crippen LogP contribution in [0.4, 0.5) is 0 Å². The number of esters is 1. The number of methoxy groups -OCH3 is 2. The van der Waals surface area contributed by atoms with E-state index >= 15 is 0 Å². The van der Waals surface area contributed by atoms with Crippen LogP contribution in [0.25, 0.3) is 0 Å². The van der Waals surface area contributed by atoms with E-state index in [9.17, 15) is 9.59 Å². The van der Waals surface area contributed by atoms with Crippen molar-refractivity contribution in [2.45, 2.75) is 31.4 Å². The van der Waals surface area contributed by atoms with Crippen molar-refractivity contribution in [3.8, 4) is 11.5 Å². The molecule has 1 aliphatic carbocycles. The molecule has 0 heterocycles. The lowest BCUT2D eigenvalue weighted by Gasteiger charge is -2.18. The molecule has 142 valence electrons. The standard InChI is InChI=1S/C21H23NO5/c1-25-17-11-8-14(12-18(17)26-2)13-19(23)27-20(15-6-4-3-5-7-15)21(24)22-16-9-10-16/h3-8,11-12,16,20H,9-10,13H2,1-2H3,(H,22,24). The van der Waals surface area contributed by atoms with Gasteiger partial charge < -0.3 is 19.5 Å². The zero-order chi connectivity index (χ0) is 19.2. The Bertz CT molecular complexity index is 801. The number of benzene rings is 2. The first-order chi connectivity index (χ1) is 13.1. The van der Waals surface area contributed by atoms with Crippen LogP contribution in [-0.4, -0.2) is 32.1 Å². The Morgan fingerprint density at radius 1 is 1.04 bits per heavy atom. The summed E-state index contributed by atoms with van der Waals surface area (Å²) in [6, 6.07) is 14.5. The van der Waals surface area contributed by atoms with Crippen LogP contribution in [-0.2, 0) is 20.7 Å². The van der Waals surface area contributed by atoms with E-state index in [0.717, 1.165) is 12.8 Å². The maximum atomic E-state index is 12.5. The van der Waals surface area contributed by atoms with E-state index in [2.05, 4.69) is 5.32 Å². The van der Waals surface area contributed by atoms with Gasteiger partial charge in [0.15, 0.2) is 11.5 Å². The highest BCUT2D eigenvalue weighted by molar-refractivity contribution is 5.86. The molecule has 1 fully saturated rings. The summed E-state index contributed by atoms with van der Waals surface area (Å²) in [6.07, 6.45) is 1.000. The van der Waals surface area contributed by atoms with Crippen molar-refractivity contribution in [2.24, 2.45) is 0 Å². The summed E-state index contributed by atoms with van der Waals surface area (Å²) in [4.78, 5) is 25.0. The number of ether oxygens (including phenoxy) is 3. The van der Waals surface area contributed by atoms with E-state index in [4.69, 9.17) is 14.2 Å². The predicted octanol–water partition coefficient (Wildman–Crippen LogP) is 2.81. The molecule has 1 atom stereocenters. The first-order valence-corrected chi connectivity index (χ1v) is 8.86. The van der Waals surface area contributed by atoms with Crippen LogP contribution >= 0.6 is 0 Å². The minimum absolute atomic E-state index is 0.0282. The average molecular weight is 369 g/mol. The zero-order valence-electron chi connectivity index (χ0n) is 15.4. The lowest BCUT2D eigenvalue weighted by Crippen LogP contribution is -2.33. The number of rotatable bonds is 8. The molecule has 2 aromatic carbocycles. The van der Waals surface area contributed by atoms with E-state index < -0.39 is 12.1 Å². The van der Waals surface area contributed by atoms with Gasteiger partial charge in [-0.3, -0.25) is 9.59 Å². The number of carbonyl (C=O) groups is 2. The lowest BCUT2D eigenvalue weighted by molar-refractivity contribution is -0.156. The van der Waals surface area contributed by atoms with Crippen LogP contribution in [0.2, 0.25) is 0 Å². The molecule has 0 bridgehead atoms. The highest BCUT2D eigenvalue weighted by Gasteiger charge is 2.30. The lowest BCUT2D eigenvalue weighted by atomic mass is 10.1. The van der Waals surface area contributed by atoms with E-state index in [1.54, 1.807) is 37.4 Å². The van der Waals surface area contributed by atoms with Crippen LogP contribution in [0.15, 0.2) is 48.5 Å². The van der Waals surface area contributed by atoms with Gasteiger partial charge in [-0.05, 0) is 30.5 Å². The molecular formula is C21H23NO5. The monoisotopic (exact) mass is 369 g/mol. The Labute approximate surface area is 158 Å². The van der Waals surface area contributed by atoms with Gasteiger partial charge in [0, 0.05) is 11.6 Å². The number of hydrogen-bond donors (Lipinski definition) is 1. The molecule has 0 aliphatic heterocycles. The summed E-state index contributed by atoms with van der Waals surface area (Å²) < 4.78 is 16.0. The van der Waals surface area contributed by atoms with Gasteiger partial charge in [0.05, 0.1) is 20.6 Å². The van der Waals surface area contributed by atoms with E-state index in [1.807, 2.05) is 18.2 Å². The van der Waals surface area contributed by atoms with Crippen LogP contribution in [0, 0.1) is 0 Å². The number of amides is 1. The Hall–Kier alpha value is -3.02. The van der Waals surface area contributed by atoms with Crippen molar-refractivity contribution < 1.29 is 23.8 Å². The van der Waals surface area contributed by atoms with Gasteiger partial charge in [-0.1, -0.05) is 36.4 Å². The average Bonchev–Trinajstić information content (AvgIpc) is 3.50. The summed E-state index contributed by atoms with van der Waals surface area (Å²) in [5.74, 6) is 0.348. The molecule has 1 unspecified atom stereocenters. The summed E-state index contributed by atoms with van der Waals surface area (Å²) >= 11 is 0. The highest BCUT2D eigenvalue weighted by Crippen LogP contribution is 2.28. The molecule has 1 N–H and O–H groups in total. The summed E-state index contributed by atoms with van der Waals surface area (Å²) in [5.41, 5.74) is 1.36. The second-order valence-electron chi connectivity index (χ2n) is 6.43. The van der Waals surface area contributed by atoms with Gasteiger partial charge in [-0.2, -0.15) is 0 Å². The summed E-state index contributed by atoms with van der Waals surface area (Å²) in [7, 11) is 3.09. The molecule has 3 rings (SSSR count). The van der Waals surface area contributed by atoms with Crippen molar-refractivity contribution >= 4 is 11.9 Å². The van der Waals surface area contributed by atoms with Crippen LogP contribution in [0.3, 0.4) is 0 Å². The van der Waals surface area contributed by atoms with Gasteiger partial charge in [0.1, 0.15) is 0 Å². The van der Waals surface area contributed by atoms with Gasteiger partial charge in [0.25, 0.3) is 5.91 Å². The maximum absolute atomic E-state index is 12.5. The second-order valence-corrected chi connectivity index (χ2v) is 6.43. The first-order valence-electron chi connectivity index (χ1n) is 8.86. The molecule has 0 saturated heterocycles. The number of hydrogen-bond acceptors (Lipinski definition) is 5. The van der Waals surface area contributed by atoms with E-state index in [0.29, 0.717) is 22.6 Å². The quantitative estimate of drug-likeness (QED) is 0.725.